The van der Waals surface area contributed by atoms with Crippen LogP contribution < -0.4 is 5.56 Å². The van der Waals surface area contributed by atoms with Crippen molar-refractivity contribution < 1.29 is 13.2 Å². The van der Waals surface area contributed by atoms with Crippen molar-refractivity contribution in [2.24, 2.45) is 0 Å². The first-order valence-corrected chi connectivity index (χ1v) is 5.76. The topological polar surface area (TPSA) is 37.8 Å². The summed E-state index contributed by atoms with van der Waals surface area (Å²) in [5.74, 6) is 0. The average molecular weight is 307 g/mol. The summed E-state index contributed by atoms with van der Waals surface area (Å²) in [6, 6.07) is 4.20. The van der Waals surface area contributed by atoms with Gasteiger partial charge in [0.15, 0.2) is 4.77 Å². The van der Waals surface area contributed by atoms with Gasteiger partial charge in [-0.15, -0.1) is 0 Å². The third kappa shape index (κ3) is 3.05. The van der Waals surface area contributed by atoms with E-state index in [4.69, 9.17) is 23.8 Å². The molecule has 1 aromatic heterocycles. The lowest BCUT2D eigenvalue weighted by molar-refractivity contribution is -0.137. The monoisotopic (exact) mass is 306 g/mol. The first kappa shape index (κ1) is 13.8. The fourth-order valence-electron chi connectivity index (χ4n) is 1.50. The van der Waals surface area contributed by atoms with Gasteiger partial charge >= 0.3 is 6.18 Å². The minimum atomic E-state index is -4.51. The molecule has 0 radical (unpaired) electrons. The van der Waals surface area contributed by atoms with Crippen LogP contribution in [0.2, 0.25) is 5.02 Å². The Morgan fingerprint density at radius 2 is 1.95 bits per heavy atom. The van der Waals surface area contributed by atoms with Gasteiger partial charge in [-0.2, -0.15) is 13.2 Å². The highest BCUT2D eigenvalue weighted by Gasteiger charge is 2.31. The van der Waals surface area contributed by atoms with Crippen LogP contribution in [0.1, 0.15) is 5.56 Å². The molecule has 0 spiro atoms. The zero-order chi connectivity index (χ0) is 14.2. The molecule has 1 heterocycles. The second-order valence-electron chi connectivity index (χ2n) is 3.68. The Labute approximate surface area is 115 Å². The lowest BCUT2D eigenvalue weighted by atomic mass is 10.2. The van der Waals surface area contributed by atoms with Crippen LogP contribution in [0.5, 0.6) is 0 Å². The van der Waals surface area contributed by atoms with E-state index in [2.05, 4.69) is 4.98 Å². The van der Waals surface area contributed by atoms with Crippen molar-refractivity contribution in [2.75, 3.05) is 0 Å². The predicted octanol–water partition coefficient (Wildman–Crippen LogP) is 3.57. The van der Waals surface area contributed by atoms with Crippen LogP contribution in [0.4, 0.5) is 13.2 Å². The van der Waals surface area contributed by atoms with Gasteiger partial charge < -0.3 is 0 Å². The van der Waals surface area contributed by atoms with Crippen LogP contribution in [-0.4, -0.2) is 9.55 Å². The number of hydrogen-bond acceptors (Lipinski definition) is 2. The predicted molar refractivity (Wildman–Crippen MR) is 67.2 cm³/mol. The molecule has 19 heavy (non-hydrogen) atoms. The van der Waals surface area contributed by atoms with E-state index in [1.807, 2.05) is 0 Å². The maximum Gasteiger partial charge on any atom is 0.416 e. The molecule has 8 heteroatoms. The van der Waals surface area contributed by atoms with Crippen molar-refractivity contribution in [1.29, 1.82) is 0 Å². The van der Waals surface area contributed by atoms with Crippen LogP contribution in [-0.2, 0) is 6.18 Å². The van der Waals surface area contributed by atoms with Gasteiger partial charge in [0.25, 0.3) is 5.56 Å². The number of benzene rings is 1. The molecule has 0 amide bonds. The van der Waals surface area contributed by atoms with Gasteiger partial charge in [0.1, 0.15) is 0 Å². The van der Waals surface area contributed by atoms with E-state index in [1.54, 1.807) is 0 Å². The number of rotatable bonds is 1. The van der Waals surface area contributed by atoms with Crippen LogP contribution >= 0.6 is 23.8 Å². The summed E-state index contributed by atoms with van der Waals surface area (Å²) >= 11 is 10.6. The van der Waals surface area contributed by atoms with Gasteiger partial charge in [-0.05, 0) is 30.4 Å². The second kappa shape index (κ2) is 4.82. The van der Waals surface area contributed by atoms with Gasteiger partial charge in [0, 0.05) is 23.0 Å². The minimum Gasteiger partial charge on any atom is -0.299 e. The molecule has 0 aliphatic rings. The normalized spacial score (nSPS) is 11.6. The van der Waals surface area contributed by atoms with Crippen LogP contribution in [0.15, 0.2) is 35.3 Å². The summed E-state index contributed by atoms with van der Waals surface area (Å²) in [5, 5.41) is -0.0714. The molecule has 2 rings (SSSR count). The van der Waals surface area contributed by atoms with Crippen LogP contribution in [0.25, 0.3) is 5.69 Å². The maximum absolute atomic E-state index is 12.7. The fraction of sp³-hybridized carbons (Fsp3) is 0.0909. The van der Waals surface area contributed by atoms with Gasteiger partial charge in [-0.25, -0.2) is 0 Å². The highest BCUT2D eigenvalue weighted by Crippen LogP contribution is 2.32. The Balaban J connectivity index is 2.66. The van der Waals surface area contributed by atoms with Gasteiger partial charge in [-0.1, -0.05) is 11.6 Å². The van der Waals surface area contributed by atoms with Crippen LogP contribution in [0.3, 0.4) is 0 Å². The first-order valence-electron chi connectivity index (χ1n) is 4.97. The zero-order valence-corrected chi connectivity index (χ0v) is 10.7. The van der Waals surface area contributed by atoms with Crippen molar-refractivity contribution >= 4 is 23.8 Å². The molecule has 1 aromatic carbocycles. The van der Waals surface area contributed by atoms with E-state index in [-0.39, 0.29) is 15.5 Å². The number of alkyl halides is 3. The molecule has 0 bridgehead atoms. The molecular weight excluding hydrogens is 301 g/mol. The molecule has 0 aliphatic heterocycles. The van der Waals surface area contributed by atoms with Gasteiger partial charge in [-0.3, -0.25) is 14.3 Å². The average Bonchev–Trinajstić information content (AvgIpc) is 2.26. The molecule has 0 atom stereocenters. The van der Waals surface area contributed by atoms with Crippen LogP contribution in [0, 0.1) is 4.77 Å². The van der Waals surface area contributed by atoms with Crippen molar-refractivity contribution in [2.45, 2.75) is 6.18 Å². The number of nitrogens with one attached hydrogen (secondary N) is 1. The summed E-state index contributed by atoms with van der Waals surface area (Å²) in [6.07, 6.45) is -3.23. The van der Waals surface area contributed by atoms with E-state index >= 15 is 0 Å². The summed E-state index contributed by atoms with van der Waals surface area (Å²) in [5.41, 5.74) is -1.19. The summed E-state index contributed by atoms with van der Waals surface area (Å²) in [7, 11) is 0. The molecule has 3 nitrogen and oxygen atoms in total. The lowest BCUT2D eigenvalue weighted by Crippen LogP contribution is -2.11. The van der Waals surface area contributed by atoms with Crippen molar-refractivity contribution in [3.8, 4) is 5.69 Å². The maximum atomic E-state index is 12.7. The number of aromatic nitrogens is 2. The first-order chi connectivity index (χ1) is 8.77. The summed E-state index contributed by atoms with van der Waals surface area (Å²) < 4.78 is 39.3. The third-order valence-electron chi connectivity index (χ3n) is 2.31. The SMILES string of the molecule is O=c1ccn(-c2cc(Cl)cc(C(F)(F)F)c2)c(=S)[nH]1. The number of nitrogens with zero attached hydrogens (tertiary/aromatic N) is 1. The Hall–Kier alpha value is -1.60. The highest BCUT2D eigenvalue weighted by atomic mass is 35.5. The Morgan fingerprint density at radius 3 is 2.53 bits per heavy atom. The molecule has 0 saturated carbocycles. The highest BCUT2D eigenvalue weighted by molar-refractivity contribution is 7.71. The molecular formula is C11H6ClF3N2OS. The quantitative estimate of drug-likeness (QED) is 0.818. The molecule has 1 N–H and O–H groups in total. The largest absolute Gasteiger partial charge is 0.416 e. The lowest BCUT2D eigenvalue weighted by Gasteiger charge is -2.11. The molecule has 0 aliphatic carbocycles. The molecule has 100 valence electrons. The molecule has 0 saturated heterocycles. The summed E-state index contributed by atoms with van der Waals surface area (Å²) in [4.78, 5) is 13.3. The van der Waals surface area contributed by atoms with Crippen molar-refractivity contribution in [3.05, 3.63) is 56.2 Å². The fourth-order valence-corrected chi connectivity index (χ4v) is 1.99. The standard InChI is InChI=1S/C11H6ClF3N2OS/c12-7-3-6(11(13,14)15)4-8(5-7)17-2-1-9(18)16-10(17)19/h1-5H,(H,16,18,19). The number of aromatic amines is 1. The Bertz CT molecular complexity index is 736. The summed E-state index contributed by atoms with van der Waals surface area (Å²) in [6.45, 7) is 0. The van der Waals surface area contributed by atoms with E-state index < -0.39 is 17.3 Å². The Morgan fingerprint density at radius 1 is 1.26 bits per heavy atom. The van der Waals surface area contributed by atoms with E-state index in [0.29, 0.717) is 0 Å². The smallest absolute Gasteiger partial charge is 0.299 e. The van der Waals surface area contributed by atoms with Crippen molar-refractivity contribution in [1.82, 2.24) is 9.55 Å². The molecule has 0 unspecified atom stereocenters. The Kier molecular flexibility index (Phi) is 3.51. The second-order valence-corrected chi connectivity index (χ2v) is 4.50. The minimum absolute atomic E-state index is 0.0112. The number of hydrogen-bond donors (Lipinski definition) is 1. The van der Waals surface area contributed by atoms with Gasteiger partial charge in [0.05, 0.1) is 5.56 Å². The third-order valence-corrected chi connectivity index (χ3v) is 2.83. The zero-order valence-electron chi connectivity index (χ0n) is 9.16. The van der Waals surface area contributed by atoms with E-state index in [1.165, 1.54) is 16.8 Å². The number of H-pyrrole nitrogens is 1. The van der Waals surface area contributed by atoms with Crippen molar-refractivity contribution in [3.63, 3.8) is 0 Å². The van der Waals surface area contributed by atoms with E-state index in [9.17, 15) is 18.0 Å². The molecule has 0 fully saturated rings. The van der Waals surface area contributed by atoms with Gasteiger partial charge in [0.2, 0.25) is 0 Å². The van der Waals surface area contributed by atoms with E-state index in [0.717, 1.165) is 18.2 Å². The molecule has 2 aromatic rings. The number of halogens is 4.